The molecular formula is C18H12ClF3N4O3. The Morgan fingerprint density at radius 2 is 1.55 bits per heavy atom. The van der Waals surface area contributed by atoms with E-state index >= 15 is 0 Å². The van der Waals surface area contributed by atoms with Gasteiger partial charge in [-0.1, -0.05) is 23.7 Å². The first-order valence-corrected chi connectivity index (χ1v) is 8.36. The number of hydrogen-bond donors (Lipinski definition) is 3. The first-order chi connectivity index (χ1) is 13.7. The molecule has 1 aromatic heterocycles. The number of phenolic OH excluding ortho intramolecular Hbond substituents is 1. The number of amides is 2. The Kier molecular flexibility index (Phi) is 5.46. The number of halogens is 4. The van der Waals surface area contributed by atoms with E-state index in [0.717, 1.165) is 6.20 Å². The molecule has 0 bridgehead atoms. The van der Waals surface area contributed by atoms with E-state index < -0.39 is 29.2 Å². The summed E-state index contributed by atoms with van der Waals surface area (Å²) < 4.78 is 41.3. The van der Waals surface area contributed by atoms with Crippen LogP contribution in [0.15, 0.2) is 54.7 Å². The van der Waals surface area contributed by atoms with Crippen molar-refractivity contribution >= 4 is 23.4 Å². The SMILES string of the molecule is O=C(NNC(=O)c1cnn(-c2ccc(Cl)cc2)c1C(F)(F)F)c1ccccc1O. The fraction of sp³-hybridized carbons (Fsp3) is 0.0556. The van der Waals surface area contributed by atoms with E-state index in [1.54, 1.807) is 0 Å². The van der Waals surface area contributed by atoms with Gasteiger partial charge in [0.1, 0.15) is 5.75 Å². The number of benzene rings is 2. The molecule has 1 heterocycles. The minimum Gasteiger partial charge on any atom is -0.507 e. The van der Waals surface area contributed by atoms with E-state index in [-0.39, 0.29) is 17.0 Å². The van der Waals surface area contributed by atoms with Crippen molar-refractivity contribution in [3.8, 4) is 11.4 Å². The molecule has 11 heteroatoms. The lowest BCUT2D eigenvalue weighted by molar-refractivity contribution is -0.143. The highest BCUT2D eigenvalue weighted by Gasteiger charge is 2.40. The van der Waals surface area contributed by atoms with Crippen LogP contribution in [0, 0.1) is 0 Å². The fourth-order valence-electron chi connectivity index (χ4n) is 2.48. The van der Waals surface area contributed by atoms with Gasteiger partial charge in [0.15, 0.2) is 5.69 Å². The summed E-state index contributed by atoms with van der Waals surface area (Å²) >= 11 is 5.74. The predicted octanol–water partition coefficient (Wildman–Crippen LogP) is 3.32. The van der Waals surface area contributed by atoms with Gasteiger partial charge in [-0.05, 0) is 36.4 Å². The molecule has 3 aromatic rings. The summed E-state index contributed by atoms with van der Waals surface area (Å²) in [7, 11) is 0. The van der Waals surface area contributed by atoms with Gasteiger partial charge in [-0.15, -0.1) is 0 Å². The highest BCUT2D eigenvalue weighted by atomic mass is 35.5. The van der Waals surface area contributed by atoms with Crippen molar-refractivity contribution in [2.75, 3.05) is 0 Å². The van der Waals surface area contributed by atoms with Gasteiger partial charge >= 0.3 is 6.18 Å². The normalized spacial score (nSPS) is 11.2. The van der Waals surface area contributed by atoms with E-state index in [9.17, 15) is 27.9 Å². The molecule has 3 rings (SSSR count). The minimum atomic E-state index is -4.91. The van der Waals surface area contributed by atoms with Crippen molar-refractivity contribution in [2.45, 2.75) is 6.18 Å². The molecule has 0 spiro atoms. The number of nitrogens with zero attached hydrogens (tertiary/aromatic N) is 2. The van der Waals surface area contributed by atoms with Crippen LogP contribution in [0.1, 0.15) is 26.4 Å². The molecule has 3 N–H and O–H groups in total. The number of carbonyl (C=O) groups excluding carboxylic acids is 2. The molecule has 0 aliphatic carbocycles. The molecule has 0 saturated heterocycles. The Bertz CT molecular complexity index is 1060. The van der Waals surface area contributed by atoms with Gasteiger partial charge in [0, 0.05) is 5.02 Å². The second-order valence-electron chi connectivity index (χ2n) is 5.72. The molecule has 0 saturated carbocycles. The number of alkyl halides is 3. The average Bonchev–Trinajstić information content (AvgIpc) is 3.12. The van der Waals surface area contributed by atoms with Crippen LogP contribution >= 0.6 is 11.6 Å². The third kappa shape index (κ3) is 4.32. The lowest BCUT2D eigenvalue weighted by Gasteiger charge is -2.13. The quantitative estimate of drug-likeness (QED) is 0.562. The van der Waals surface area contributed by atoms with Crippen LogP contribution in [0.5, 0.6) is 5.75 Å². The standard InChI is InChI=1S/C18H12ClF3N4O3/c19-10-5-7-11(8-6-10)26-15(18(20,21)22)13(9-23-26)17(29)25-24-16(28)12-3-1-2-4-14(12)27/h1-9,27H,(H,24,28)(H,25,29). The van der Waals surface area contributed by atoms with Crippen LogP contribution in [0.4, 0.5) is 13.2 Å². The Labute approximate surface area is 166 Å². The van der Waals surface area contributed by atoms with Gasteiger partial charge < -0.3 is 5.11 Å². The zero-order valence-electron chi connectivity index (χ0n) is 14.4. The number of carbonyl (C=O) groups is 2. The van der Waals surface area contributed by atoms with Gasteiger partial charge in [0.25, 0.3) is 11.8 Å². The average molecular weight is 425 g/mol. The van der Waals surface area contributed by atoms with Gasteiger partial charge in [0.05, 0.1) is 23.0 Å². The Hall–Kier alpha value is -3.53. The lowest BCUT2D eigenvalue weighted by atomic mass is 10.2. The minimum absolute atomic E-state index is 0.0408. The number of phenols is 1. The van der Waals surface area contributed by atoms with E-state index in [2.05, 4.69) is 5.10 Å². The molecule has 0 fully saturated rings. The number of hydrazine groups is 1. The number of para-hydroxylation sites is 1. The fourth-order valence-corrected chi connectivity index (χ4v) is 2.61. The van der Waals surface area contributed by atoms with E-state index in [1.165, 1.54) is 48.5 Å². The molecule has 150 valence electrons. The highest BCUT2D eigenvalue weighted by Crippen LogP contribution is 2.33. The molecule has 7 nitrogen and oxygen atoms in total. The maximum Gasteiger partial charge on any atom is 0.434 e. The molecule has 0 unspecified atom stereocenters. The summed E-state index contributed by atoms with van der Waals surface area (Å²) in [5.74, 6) is -2.50. The maximum absolute atomic E-state index is 13.6. The smallest absolute Gasteiger partial charge is 0.434 e. The van der Waals surface area contributed by atoms with Crippen molar-refractivity contribution in [2.24, 2.45) is 0 Å². The summed E-state index contributed by atoms with van der Waals surface area (Å²) in [6.45, 7) is 0. The zero-order chi connectivity index (χ0) is 21.2. The number of aromatic hydroxyl groups is 1. The number of aromatic nitrogens is 2. The van der Waals surface area contributed by atoms with Crippen LogP contribution in [0.25, 0.3) is 5.69 Å². The van der Waals surface area contributed by atoms with Crippen molar-refractivity contribution < 1.29 is 27.9 Å². The van der Waals surface area contributed by atoms with Crippen molar-refractivity contribution in [1.29, 1.82) is 0 Å². The van der Waals surface area contributed by atoms with E-state index in [1.807, 2.05) is 10.9 Å². The van der Waals surface area contributed by atoms with Gasteiger partial charge in [0.2, 0.25) is 0 Å². The maximum atomic E-state index is 13.6. The monoisotopic (exact) mass is 424 g/mol. The van der Waals surface area contributed by atoms with Crippen LogP contribution in [0.3, 0.4) is 0 Å². The lowest BCUT2D eigenvalue weighted by Crippen LogP contribution is -2.42. The Morgan fingerprint density at radius 3 is 2.14 bits per heavy atom. The topological polar surface area (TPSA) is 96.3 Å². The molecule has 29 heavy (non-hydrogen) atoms. The van der Waals surface area contributed by atoms with E-state index in [4.69, 9.17) is 11.6 Å². The van der Waals surface area contributed by atoms with E-state index in [0.29, 0.717) is 9.70 Å². The molecule has 0 aliphatic heterocycles. The van der Waals surface area contributed by atoms with Gasteiger partial charge in [-0.3, -0.25) is 20.4 Å². The number of nitrogens with one attached hydrogen (secondary N) is 2. The Morgan fingerprint density at radius 1 is 0.966 bits per heavy atom. The van der Waals surface area contributed by atoms with Crippen LogP contribution < -0.4 is 10.9 Å². The zero-order valence-corrected chi connectivity index (χ0v) is 15.1. The summed E-state index contributed by atoms with van der Waals surface area (Å²) in [5.41, 5.74) is 1.59. The first-order valence-electron chi connectivity index (χ1n) is 7.98. The van der Waals surface area contributed by atoms with Crippen LogP contribution in [-0.2, 0) is 6.18 Å². The first kappa shape index (κ1) is 20.2. The summed E-state index contributed by atoms with van der Waals surface area (Å²) in [6.07, 6.45) is -4.18. The molecule has 2 amide bonds. The molecule has 2 aromatic carbocycles. The van der Waals surface area contributed by atoms with Gasteiger partial charge in [-0.2, -0.15) is 18.3 Å². The largest absolute Gasteiger partial charge is 0.507 e. The molecule has 0 atom stereocenters. The van der Waals surface area contributed by atoms with Crippen molar-refractivity contribution in [3.05, 3.63) is 76.6 Å². The van der Waals surface area contributed by atoms with Crippen molar-refractivity contribution in [1.82, 2.24) is 20.6 Å². The second-order valence-corrected chi connectivity index (χ2v) is 6.15. The third-order valence-corrected chi connectivity index (χ3v) is 4.04. The second kappa shape index (κ2) is 7.84. The summed E-state index contributed by atoms with van der Waals surface area (Å²) in [5, 5.41) is 13.6. The number of hydrogen-bond acceptors (Lipinski definition) is 4. The summed E-state index contributed by atoms with van der Waals surface area (Å²) in [6, 6.07) is 10.8. The van der Waals surface area contributed by atoms with Crippen LogP contribution in [0.2, 0.25) is 5.02 Å². The summed E-state index contributed by atoms with van der Waals surface area (Å²) in [4.78, 5) is 24.3. The third-order valence-electron chi connectivity index (χ3n) is 3.79. The molecule has 0 radical (unpaired) electrons. The van der Waals surface area contributed by atoms with Crippen molar-refractivity contribution in [3.63, 3.8) is 0 Å². The molecular weight excluding hydrogens is 413 g/mol. The number of rotatable bonds is 3. The van der Waals surface area contributed by atoms with Gasteiger partial charge in [-0.25, -0.2) is 4.68 Å². The van der Waals surface area contributed by atoms with Crippen LogP contribution in [-0.4, -0.2) is 26.7 Å². The highest BCUT2D eigenvalue weighted by molar-refractivity contribution is 6.30. The Balaban J connectivity index is 1.86. The molecule has 0 aliphatic rings. The predicted molar refractivity (Wildman–Crippen MR) is 96.6 cm³/mol.